The third-order valence-electron chi connectivity index (χ3n) is 5.02. The van der Waals surface area contributed by atoms with Crippen molar-refractivity contribution < 1.29 is 19.1 Å². The largest absolute Gasteiger partial charge is 0.462 e. The zero-order valence-electron chi connectivity index (χ0n) is 17.2. The summed E-state index contributed by atoms with van der Waals surface area (Å²) in [5, 5.41) is 3.63. The normalized spacial score (nSPS) is 15.4. The molecule has 2 heterocycles. The number of aromatic nitrogens is 1. The highest BCUT2D eigenvalue weighted by molar-refractivity contribution is 6.31. The highest BCUT2D eigenvalue weighted by atomic mass is 35.5. The van der Waals surface area contributed by atoms with Gasteiger partial charge in [-0.25, -0.2) is 9.78 Å². The molecule has 0 aliphatic carbocycles. The van der Waals surface area contributed by atoms with Crippen molar-refractivity contribution in [2.75, 3.05) is 39.5 Å². The van der Waals surface area contributed by atoms with Crippen LogP contribution < -0.4 is 5.32 Å². The van der Waals surface area contributed by atoms with E-state index in [4.69, 9.17) is 21.1 Å². The van der Waals surface area contributed by atoms with E-state index in [1.807, 2.05) is 24.3 Å². The minimum Gasteiger partial charge on any atom is -0.462 e. The summed E-state index contributed by atoms with van der Waals surface area (Å²) >= 11 is 6.44. The summed E-state index contributed by atoms with van der Waals surface area (Å²) in [6.45, 7) is 6.90. The molecular formula is C22H26ClN3O4. The van der Waals surface area contributed by atoms with Crippen LogP contribution in [0, 0.1) is 6.92 Å². The number of hydrogen-bond acceptors (Lipinski definition) is 6. The van der Waals surface area contributed by atoms with Gasteiger partial charge in [0.25, 0.3) is 5.91 Å². The van der Waals surface area contributed by atoms with Crippen LogP contribution in [0.15, 0.2) is 36.4 Å². The quantitative estimate of drug-likeness (QED) is 0.679. The predicted molar refractivity (Wildman–Crippen MR) is 114 cm³/mol. The molecular weight excluding hydrogens is 406 g/mol. The Bertz CT molecular complexity index is 900. The second kappa shape index (κ2) is 10.5. The summed E-state index contributed by atoms with van der Waals surface area (Å²) < 4.78 is 10.5. The molecule has 1 atom stereocenters. The molecule has 1 aromatic heterocycles. The Morgan fingerprint density at radius 1 is 1.23 bits per heavy atom. The van der Waals surface area contributed by atoms with Crippen molar-refractivity contribution in [3.8, 4) is 0 Å². The van der Waals surface area contributed by atoms with Gasteiger partial charge in [0.1, 0.15) is 5.69 Å². The first-order valence-corrected chi connectivity index (χ1v) is 10.4. The van der Waals surface area contributed by atoms with E-state index in [2.05, 4.69) is 15.2 Å². The topological polar surface area (TPSA) is 80.8 Å². The third kappa shape index (κ3) is 5.36. The molecule has 1 aliphatic heterocycles. The Kier molecular flexibility index (Phi) is 7.79. The monoisotopic (exact) mass is 431 g/mol. The third-order valence-corrected chi connectivity index (χ3v) is 5.36. The molecule has 1 amide bonds. The van der Waals surface area contributed by atoms with Gasteiger partial charge in [0, 0.05) is 24.7 Å². The highest BCUT2D eigenvalue weighted by Crippen LogP contribution is 2.27. The Balaban J connectivity index is 1.73. The molecule has 2 aromatic rings. The highest BCUT2D eigenvalue weighted by Gasteiger charge is 2.25. The van der Waals surface area contributed by atoms with Gasteiger partial charge in [-0.05, 0) is 37.6 Å². The van der Waals surface area contributed by atoms with Gasteiger partial charge in [0.15, 0.2) is 0 Å². The summed E-state index contributed by atoms with van der Waals surface area (Å²) in [7, 11) is 0. The zero-order valence-corrected chi connectivity index (χ0v) is 17.9. The van der Waals surface area contributed by atoms with E-state index in [1.165, 1.54) is 6.07 Å². The van der Waals surface area contributed by atoms with E-state index in [9.17, 15) is 9.59 Å². The van der Waals surface area contributed by atoms with Crippen LogP contribution in [0.4, 0.5) is 0 Å². The predicted octanol–water partition coefficient (Wildman–Crippen LogP) is 3.02. The number of morpholine rings is 1. The van der Waals surface area contributed by atoms with Crippen molar-refractivity contribution in [1.82, 2.24) is 15.2 Å². The molecule has 8 heteroatoms. The molecule has 1 fully saturated rings. The van der Waals surface area contributed by atoms with Crippen molar-refractivity contribution in [2.45, 2.75) is 19.9 Å². The van der Waals surface area contributed by atoms with Crippen molar-refractivity contribution >= 4 is 23.5 Å². The first-order valence-electron chi connectivity index (χ1n) is 10.0. The summed E-state index contributed by atoms with van der Waals surface area (Å²) in [4.78, 5) is 31.2. The van der Waals surface area contributed by atoms with Gasteiger partial charge in [-0.15, -0.1) is 0 Å². The first kappa shape index (κ1) is 22.2. The van der Waals surface area contributed by atoms with E-state index >= 15 is 0 Å². The summed E-state index contributed by atoms with van der Waals surface area (Å²) in [5.41, 5.74) is 2.02. The number of rotatable bonds is 7. The van der Waals surface area contributed by atoms with Crippen LogP contribution in [0.5, 0.6) is 0 Å². The van der Waals surface area contributed by atoms with Gasteiger partial charge in [-0.2, -0.15) is 0 Å². The van der Waals surface area contributed by atoms with Crippen LogP contribution in [-0.2, 0) is 9.47 Å². The molecule has 1 N–H and O–H groups in total. The van der Waals surface area contributed by atoms with Crippen LogP contribution >= 0.6 is 11.6 Å². The second-order valence-electron chi connectivity index (χ2n) is 6.95. The fourth-order valence-electron chi connectivity index (χ4n) is 3.46. The molecule has 0 radical (unpaired) electrons. The average Bonchev–Trinajstić information content (AvgIpc) is 2.75. The number of amides is 1. The van der Waals surface area contributed by atoms with Crippen LogP contribution in [-0.4, -0.2) is 61.2 Å². The van der Waals surface area contributed by atoms with E-state index < -0.39 is 5.97 Å². The number of esters is 1. The Morgan fingerprint density at radius 3 is 2.63 bits per heavy atom. The van der Waals surface area contributed by atoms with E-state index in [0.29, 0.717) is 36.0 Å². The molecule has 3 rings (SSSR count). The van der Waals surface area contributed by atoms with Crippen LogP contribution in [0.25, 0.3) is 0 Å². The van der Waals surface area contributed by atoms with Crippen LogP contribution in [0.2, 0.25) is 5.02 Å². The molecule has 0 bridgehead atoms. The van der Waals surface area contributed by atoms with Gasteiger partial charge >= 0.3 is 5.97 Å². The number of benzene rings is 1. The smallest absolute Gasteiger partial charge is 0.339 e. The fourth-order valence-corrected chi connectivity index (χ4v) is 3.72. The molecule has 0 spiro atoms. The number of hydrogen-bond donors (Lipinski definition) is 1. The number of carbonyl (C=O) groups is 2. The van der Waals surface area contributed by atoms with Crippen molar-refractivity contribution in [2.24, 2.45) is 0 Å². The molecule has 30 heavy (non-hydrogen) atoms. The molecule has 1 saturated heterocycles. The number of halogens is 1. The van der Waals surface area contributed by atoms with E-state index in [0.717, 1.165) is 18.7 Å². The average molecular weight is 432 g/mol. The number of nitrogens with zero attached hydrogens (tertiary/aromatic N) is 2. The van der Waals surface area contributed by atoms with Crippen molar-refractivity contribution in [3.63, 3.8) is 0 Å². The second-order valence-corrected chi connectivity index (χ2v) is 7.35. The van der Waals surface area contributed by atoms with E-state index in [-0.39, 0.29) is 24.2 Å². The van der Waals surface area contributed by atoms with Crippen molar-refractivity contribution in [1.29, 1.82) is 0 Å². The Hall–Kier alpha value is -2.48. The minimum absolute atomic E-state index is 0.0774. The number of ether oxygens (including phenoxy) is 2. The SMILES string of the molecule is CCOC(=O)c1ccc(C(=O)NCC(c2ccccc2Cl)N2CCOCC2)nc1C. The van der Waals surface area contributed by atoms with Crippen LogP contribution in [0.1, 0.15) is 45.1 Å². The fraction of sp³-hybridized carbons (Fsp3) is 0.409. The number of nitrogens with one attached hydrogen (secondary N) is 1. The van der Waals surface area contributed by atoms with Gasteiger partial charge < -0.3 is 14.8 Å². The number of carbonyl (C=O) groups excluding carboxylic acids is 2. The maximum Gasteiger partial charge on any atom is 0.339 e. The number of pyridine rings is 1. The first-order chi connectivity index (χ1) is 14.5. The molecule has 1 unspecified atom stereocenters. The maximum absolute atomic E-state index is 12.7. The molecule has 7 nitrogen and oxygen atoms in total. The molecule has 1 aliphatic rings. The molecule has 0 saturated carbocycles. The standard InChI is InChI=1S/C22H26ClN3O4/c1-3-30-22(28)16-8-9-19(25-15(16)2)21(27)24-14-20(26-10-12-29-13-11-26)17-6-4-5-7-18(17)23/h4-9,20H,3,10-14H2,1-2H3,(H,24,27). The van der Waals surface area contributed by atoms with Gasteiger partial charge in [0.2, 0.25) is 0 Å². The molecule has 160 valence electrons. The van der Waals surface area contributed by atoms with Gasteiger partial charge in [0.05, 0.1) is 37.1 Å². The van der Waals surface area contributed by atoms with Gasteiger partial charge in [-0.1, -0.05) is 29.8 Å². The Labute approximate surface area is 181 Å². The summed E-state index contributed by atoms with van der Waals surface area (Å²) in [6.07, 6.45) is 0. The lowest BCUT2D eigenvalue weighted by atomic mass is 10.0. The van der Waals surface area contributed by atoms with E-state index in [1.54, 1.807) is 19.9 Å². The van der Waals surface area contributed by atoms with Crippen LogP contribution in [0.3, 0.4) is 0 Å². The van der Waals surface area contributed by atoms with Gasteiger partial charge in [-0.3, -0.25) is 9.69 Å². The lowest BCUT2D eigenvalue weighted by Gasteiger charge is -2.35. The zero-order chi connectivity index (χ0) is 21.5. The van der Waals surface area contributed by atoms with Crippen molar-refractivity contribution in [3.05, 3.63) is 63.9 Å². The maximum atomic E-state index is 12.7. The Morgan fingerprint density at radius 2 is 1.97 bits per heavy atom. The summed E-state index contributed by atoms with van der Waals surface area (Å²) in [6, 6.07) is 10.7. The minimum atomic E-state index is -0.444. The molecule has 1 aromatic carbocycles. The summed E-state index contributed by atoms with van der Waals surface area (Å²) in [5.74, 6) is -0.751. The number of aryl methyl sites for hydroxylation is 1. The lowest BCUT2D eigenvalue weighted by Crippen LogP contribution is -2.44. The lowest BCUT2D eigenvalue weighted by molar-refractivity contribution is 0.0162.